The summed E-state index contributed by atoms with van der Waals surface area (Å²) >= 11 is 9.47. The third-order valence-corrected chi connectivity index (χ3v) is 3.71. The van der Waals surface area contributed by atoms with Crippen molar-refractivity contribution in [3.05, 3.63) is 26.7 Å². The highest BCUT2D eigenvalue weighted by atomic mass is 79.9. The normalized spacial score (nSPS) is 12.1. The minimum atomic E-state index is -0.840. The van der Waals surface area contributed by atoms with Gasteiger partial charge >= 0.3 is 6.09 Å². The van der Waals surface area contributed by atoms with Gasteiger partial charge in [0.05, 0.1) is 11.6 Å². The van der Waals surface area contributed by atoms with Gasteiger partial charge in [-0.15, -0.1) is 0 Å². The van der Waals surface area contributed by atoms with Gasteiger partial charge in [0.25, 0.3) is 0 Å². The van der Waals surface area contributed by atoms with E-state index in [0.717, 1.165) is 10.0 Å². The Kier molecular flexibility index (Phi) is 4.65. The molecule has 0 fully saturated rings. The van der Waals surface area contributed by atoms with E-state index >= 15 is 0 Å². The van der Waals surface area contributed by atoms with E-state index < -0.39 is 12.2 Å². The summed E-state index contributed by atoms with van der Waals surface area (Å²) in [5, 5.41) is 0.563. The Labute approximate surface area is 113 Å². The first-order chi connectivity index (χ1) is 7.88. The summed E-state index contributed by atoms with van der Waals surface area (Å²) in [5.74, 6) is 0.584. The Balaban J connectivity index is 3.27. The van der Waals surface area contributed by atoms with Crippen molar-refractivity contribution in [2.75, 3.05) is 7.11 Å². The molecule has 1 aromatic rings. The van der Waals surface area contributed by atoms with Crippen molar-refractivity contribution >= 4 is 33.6 Å². The van der Waals surface area contributed by atoms with E-state index in [0.29, 0.717) is 16.3 Å². The van der Waals surface area contributed by atoms with Crippen LogP contribution in [-0.2, 0) is 4.74 Å². The van der Waals surface area contributed by atoms with Gasteiger partial charge in [-0.2, -0.15) is 0 Å². The molecule has 94 valence electrons. The van der Waals surface area contributed by atoms with E-state index in [4.69, 9.17) is 26.8 Å². The fourth-order valence-electron chi connectivity index (χ4n) is 1.46. The molecule has 0 radical (unpaired) electrons. The molecule has 1 rings (SSSR count). The van der Waals surface area contributed by atoms with Crippen molar-refractivity contribution in [1.82, 2.24) is 0 Å². The molecule has 0 aliphatic carbocycles. The smallest absolute Gasteiger partial charge is 0.405 e. The number of halogens is 2. The van der Waals surface area contributed by atoms with Gasteiger partial charge in [-0.1, -0.05) is 11.6 Å². The summed E-state index contributed by atoms with van der Waals surface area (Å²) < 4.78 is 10.9. The van der Waals surface area contributed by atoms with Crippen LogP contribution in [0.1, 0.15) is 24.2 Å². The number of carbonyl (C=O) groups excluding carboxylic acids is 1. The molecule has 17 heavy (non-hydrogen) atoms. The molecule has 0 aliphatic rings. The van der Waals surface area contributed by atoms with Gasteiger partial charge in [-0.3, -0.25) is 0 Å². The molecule has 0 aliphatic heterocycles. The number of benzene rings is 1. The molecule has 1 unspecified atom stereocenters. The van der Waals surface area contributed by atoms with E-state index in [1.54, 1.807) is 13.0 Å². The van der Waals surface area contributed by atoms with Crippen LogP contribution in [0.2, 0.25) is 5.02 Å². The van der Waals surface area contributed by atoms with Crippen LogP contribution in [0.5, 0.6) is 5.75 Å². The lowest BCUT2D eigenvalue weighted by atomic mass is 10.1. The van der Waals surface area contributed by atoms with Gasteiger partial charge in [0.2, 0.25) is 0 Å². The molecule has 0 bridgehead atoms. The molecule has 2 N–H and O–H groups in total. The fraction of sp³-hybridized carbons (Fsp3) is 0.364. The minimum Gasteiger partial charge on any atom is -0.495 e. The van der Waals surface area contributed by atoms with Crippen LogP contribution in [-0.4, -0.2) is 13.2 Å². The number of amides is 1. The molecule has 0 aromatic heterocycles. The number of rotatable bonds is 3. The molecule has 1 atom stereocenters. The zero-order valence-corrected chi connectivity index (χ0v) is 12.1. The first-order valence-electron chi connectivity index (χ1n) is 4.87. The van der Waals surface area contributed by atoms with Gasteiger partial charge in [-0.05, 0) is 41.4 Å². The molecular formula is C11H13BrClNO3. The highest BCUT2D eigenvalue weighted by Gasteiger charge is 2.20. The number of ether oxygens (including phenoxy) is 2. The number of carbonyl (C=O) groups is 1. The quantitative estimate of drug-likeness (QED) is 0.925. The highest BCUT2D eigenvalue weighted by molar-refractivity contribution is 9.10. The van der Waals surface area contributed by atoms with Crippen LogP contribution < -0.4 is 10.5 Å². The Morgan fingerprint density at radius 2 is 2.18 bits per heavy atom. The van der Waals surface area contributed by atoms with Crippen LogP contribution in [0, 0.1) is 6.92 Å². The number of primary amides is 1. The van der Waals surface area contributed by atoms with E-state index in [1.807, 2.05) is 6.92 Å². The maximum Gasteiger partial charge on any atom is 0.405 e. The molecule has 0 heterocycles. The topological polar surface area (TPSA) is 61.6 Å². The first-order valence-corrected chi connectivity index (χ1v) is 6.04. The summed E-state index contributed by atoms with van der Waals surface area (Å²) in [6.45, 7) is 3.55. The van der Waals surface area contributed by atoms with Gasteiger partial charge < -0.3 is 15.2 Å². The van der Waals surface area contributed by atoms with E-state index in [9.17, 15) is 4.79 Å². The van der Waals surface area contributed by atoms with Gasteiger partial charge in [-0.25, -0.2) is 4.79 Å². The first kappa shape index (κ1) is 14.1. The second-order valence-corrected chi connectivity index (χ2v) is 4.70. The SMILES string of the molecule is COc1c(C(C)OC(N)=O)cc(Cl)c(C)c1Br. The summed E-state index contributed by atoms with van der Waals surface area (Å²) in [6.07, 6.45) is -1.37. The molecule has 0 saturated carbocycles. The fourth-order valence-corrected chi connectivity index (χ4v) is 2.39. The predicted molar refractivity (Wildman–Crippen MR) is 69.5 cm³/mol. The zero-order chi connectivity index (χ0) is 13.2. The second-order valence-electron chi connectivity index (χ2n) is 3.50. The lowest BCUT2D eigenvalue weighted by Crippen LogP contribution is -2.16. The maximum absolute atomic E-state index is 10.7. The van der Waals surface area contributed by atoms with Gasteiger partial charge in [0.15, 0.2) is 0 Å². The maximum atomic E-state index is 10.7. The average Bonchev–Trinajstić information content (AvgIpc) is 2.24. The van der Waals surface area contributed by atoms with E-state index in [2.05, 4.69) is 15.9 Å². The third-order valence-electron chi connectivity index (χ3n) is 2.37. The van der Waals surface area contributed by atoms with Crippen LogP contribution in [0.4, 0.5) is 4.79 Å². The summed E-state index contributed by atoms with van der Waals surface area (Å²) in [6, 6.07) is 1.70. The molecule has 1 aromatic carbocycles. The van der Waals surface area contributed by atoms with Crippen molar-refractivity contribution < 1.29 is 14.3 Å². The summed E-state index contributed by atoms with van der Waals surface area (Å²) in [4.78, 5) is 10.7. The zero-order valence-electron chi connectivity index (χ0n) is 9.71. The second kappa shape index (κ2) is 5.60. The molecule has 6 heteroatoms. The average molecular weight is 323 g/mol. The van der Waals surface area contributed by atoms with Crippen molar-refractivity contribution in [2.24, 2.45) is 5.73 Å². The summed E-state index contributed by atoms with van der Waals surface area (Å²) in [7, 11) is 1.54. The van der Waals surface area contributed by atoms with E-state index in [-0.39, 0.29) is 0 Å². The van der Waals surface area contributed by atoms with E-state index in [1.165, 1.54) is 7.11 Å². The molecular weight excluding hydrogens is 309 g/mol. The van der Waals surface area contributed by atoms with Gasteiger partial charge in [0, 0.05) is 10.6 Å². The predicted octanol–water partition coefficient (Wildman–Crippen LogP) is 3.58. The third kappa shape index (κ3) is 3.04. The minimum absolute atomic E-state index is 0.531. The monoisotopic (exact) mass is 321 g/mol. The highest BCUT2D eigenvalue weighted by Crippen LogP contribution is 2.40. The number of hydrogen-bond acceptors (Lipinski definition) is 3. The Bertz CT molecular complexity index is 451. The Morgan fingerprint density at radius 1 is 1.59 bits per heavy atom. The Morgan fingerprint density at radius 3 is 2.65 bits per heavy atom. The molecule has 0 saturated heterocycles. The number of methoxy groups -OCH3 is 1. The lowest BCUT2D eigenvalue weighted by Gasteiger charge is -2.18. The van der Waals surface area contributed by atoms with Crippen LogP contribution in [0.15, 0.2) is 10.5 Å². The van der Waals surface area contributed by atoms with Crippen LogP contribution >= 0.6 is 27.5 Å². The standard InChI is InChI=1S/C11H13BrClNO3/c1-5-8(13)4-7(6(2)17-11(14)15)10(16-3)9(5)12/h4,6H,1-3H3,(H2,14,15). The van der Waals surface area contributed by atoms with Crippen molar-refractivity contribution in [3.8, 4) is 5.75 Å². The van der Waals surface area contributed by atoms with Gasteiger partial charge in [0.1, 0.15) is 11.9 Å². The van der Waals surface area contributed by atoms with Crippen molar-refractivity contribution in [3.63, 3.8) is 0 Å². The van der Waals surface area contributed by atoms with Crippen molar-refractivity contribution in [1.29, 1.82) is 0 Å². The number of hydrogen-bond donors (Lipinski definition) is 1. The van der Waals surface area contributed by atoms with Crippen LogP contribution in [0.3, 0.4) is 0 Å². The lowest BCUT2D eigenvalue weighted by molar-refractivity contribution is 0.115. The van der Waals surface area contributed by atoms with Crippen LogP contribution in [0.25, 0.3) is 0 Å². The molecule has 0 spiro atoms. The number of nitrogens with two attached hydrogens (primary N) is 1. The summed E-state index contributed by atoms with van der Waals surface area (Å²) in [5.41, 5.74) is 6.50. The van der Waals surface area contributed by atoms with Crippen molar-refractivity contribution in [2.45, 2.75) is 20.0 Å². The molecule has 1 amide bonds. The Hall–Kier alpha value is -0.940. The molecule has 4 nitrogen and oxygen atoms in total. The largest absolute Gasteiger partial charge is 0.495 e.